The fraction of sp³-hybridized carbons (Fsp3) is 0.685. The lowest BCUT2D eigenvalue weighted by atomic mass is 10.1. The van der Waals surface area contributed by atoms with Crippen molar-refractivity contribution in [1.82, 2.24) is 32.1 Å². The fourth-order valence-corrected chi connectivity index (χ4v) is 10.1. The number of allylic oxidation sites excluding steroid dienone is 8. The van der Waals surface area contributed by atoms with Gasteiger partial charge in [-0.15, -0.1) is 0 Å². The van der Waals surface area contributed by atoms with E-state index in [9.17, 15) is 28.8 Å². The molecule has 0 spiro atoms. The van der Waals surface area contributed by atoms with Crippen LogP contribution in [0.3, 0.4) is 0 Å². The Balaban J connectivity index is 3.92. The Morgan fingerprint density at radius 1 is 0.427 bits per heavy atom. The number of nitrogens with two attached hydrogens (primary N) is 2. The summed E-state index contributed by atoms with van der Waals surface area (Å²) in [6.45, 7) is 5.09. The van der Waals surface area contributed by atoms with Crippen molar-refractivity contribution in [1.29, 1.82) is 0 Å². The molecule has 0 aliphatic rings. The molecule has 0 fully saturated rings. The highest BCUT2D eigenvalue weighted by Crippen LogP contribution is 2.21. The smallest absolute Gasteiger partial charge is 0.250 e. The Labute approximate surface area is 466 Å². The maximum atomic E-state index is 12.8. The zero-order chi connectivity index (χ0) is 54.9. The minimum absolute atomic E-state index is 0.0286. The van der Waals surface area contributed by atoms with Crippen LogP contribution >= 0.6 is 43.2 Å². The van der Waals surface area contributed by atoms with Gasteiger partial charge in [0.25, 0.3) is 11.8 Å². The SMILES string of the molecule is CCCCC/C=C\C/C=C\CCCCCCC/C=N\NC(=O)CSSCC(=O)NCCNC(=O)CC[C@H](N=C(N)N)C(=O)NCCNC(=O)CSSCC(=O)N/N=C\CCCCCCC/C=C\C/C=C\CCCCC. The summed E-state index contributed by atoms with van der Waals surface area (Å²) < 4.78 is 0. The van der Waals surface area contributed by atoms with Gasteiger partial charge in [-0.1, -0.05) is 170 Å². The highest BCUT2D eigenvalue weighted by molar-refractivity contribution is 8.77. The molecule has 0 heterocycles. The molecule has 0 rings (SSSR count). The number of rotatable bonds is 51. The molecule has 0 aromatic carbocycles. The van der Waals surface area contributed by atoms with Gasteiger partial charge in [0.15, 0.2) is 5.96 Å². The van der Waals surface area contributed by atoms with Gasteiger partial charge in [-0.3, -0.25) is 28.8 Å². The van der Waals surface area contributed by atoms with E-state index >= 15 is 0 Å². The fourth-order valence-electron chi connectivity index (χ4n) is 6.71. The van der Waals surface area contributed by atoms with Crippen LogP contribution in [-0.2, 0) is 28.8 Å². The van der Waals surface area contributed by atoms with Crippen molar-refractivity contribution in [2.45, 2.75) is 187 Å². The van der Waals surface area contributed by atoms with Crippen LogP contribution in [0, 0.1) is 0 Å². The van der Waals surface area contributed by atoms with Crippen LogP contribution in [0.2, 0.25) is 0 Å². The third-order valence-electron chi connectivity index (χ3n) is 10.8. The van der Waals surface area contributed by atoms with Gasteiger partial charge in [-0.25, -0.2) is 15.8 Å². The molecule has 10 N–H and O–H groups in total. The van der Waals surface area contributed by atoms with Crippen LogP contribution in [0.15, 0.2) is 63.8 Å². The first kappa shape index (κ1) is 70.8. The van der Waals surface area contributed by atoms with Crippen LogP contribution in [0.1, 0.15) is 181 Å². The number of unbranched alkanes of at least 4 members (excludes halogenated alkanes) is 18. The molecule has 0 saturated carbocycles. The first-order chi connectivity index (χ1) is 36.6. The predicted octanol–water partition coefficient (Wildman–Crippen LogP) is 9.47. The molecule has 0 bridgehead atoms. The van der Waals surface area contributed by atoms with Gasteiger partial charge in [-0.2, -0.15) is 10.2 Å². The first-order valence-corrected chi connectivity index (χ1v) is 32.4. The molecule has 0 aliphatic carbocycles. The Morgan fingerprint density at radius 2 is 0.773 bits per heavy atom. The van der Waals surface area contributed by atoms with Crippen molar-refractivity contribution in [2.75, 3.05) is 49.2 Å². The topological polar surface area (TPSA) is 264 Å². The number of nitrogens with zero attached hydrogens (tertiary/aromatic N) is 3. The molecule has 0 saturated heterocycles. The lowest BCUT2D eigenvalue weighted by molar-refractivity contribution is -0.124. The van der Waals surface area contributed by atoms with Gasteiger partial charge in [0.1, 0.15) is 6.04 Å². The van der Waals surface area contributed by atoms with E-state index in [0.29, 0.717) is 0 Å². The zero-order valence-corrected chi connectivity index (χ0v) is 48.7. The molecule has 0 aromatic heterocycles. The molecule has 0 unspecified atom stereocenters. The summed E-state index contributed by atoms with van der Waals surface area (Å²) in [6, 6.07) is -1.02. The molecular weight excluding hydrogens is 1030 g/mol. The standard InChI is InChI=1S/C54H95N11O6S4/c1-3-5-7-9-11-13-15-17-19-21-23-25-27-29-31-33-37-61-64-51(69)45-74-72-43-49(67)58-40-39-57-48(66)36-35-47(63-54(55)56)53(71)60-42-41-59-50(68)44-73-75-46-52(70)65-62-38-34-32-30-28-26-24-22-20-18-16-14-12-10-8-6-4-2/h11-14,17-20,37-38,47H,3-10,15-16,21-36,39-46H2,1-2H3,(H,57,66)(H,58,67)(H,59,68)(H,60,71)(H,64,69)(H,65,70)(H4,55,56,63)/b13-11-,14-12-,19-17-,20-18-,61-37-,62-38-/t47-/m0/s1. The van der Waals surface area contributed by atoms with Crippen molar-refractivity contribution in [3.05, 3.63) is 48.6 Å². The number of aliphatic imine (C=N–C) groups is 1. The molecular formula is C54H95N11O6S4. The van der Waals surface area contributed by atoms with Crippen molar-refractivity contribution in [3.8, 4) is 0 Å². The van der Waals surface area contributed by atoms with Crippen molar-refractivity contribution in [2.24, 2.45) is 26.7 Å². The van der Waals surface area contributed by atoms with E-state index in [1.54, 1.807) is 12.4 Å². The van der Waals surface area contributed by atoms with Gasteiger partial charge in [0, 0.05) is 45.0 Å². The Morgan fingerprint density at radius 3 is 1.17 bits per heavy atom. The minimum atomic E-state index is -1.02. The van der Waals surface area contributed by atoms with E-state index in [0.717, 1.165) is 64.2 Å². The number of amides is 6. The quantitative estimate of drug-likeness (QED) is 0.00707. The first-order valence-electron chi connectivity index (χ1n) is 27.4. The molecule has 17 nitrogen and oxygen atoms in total. The van der Waals surface area contributed by atoms with Crippen molar-refractivity contribution >= 4 is 97.0 Å². The normalized spacial score (nSPS) is 12.1. The molecule has 0 aromatic rings. The number of hydrazone groups is 2. The number of nitrogens with one attached hydrogen (secondary N) is 6. The summed E-state index contributed by atoms with van der Waals surface area (Å²) in [5, 5.41) is 18.8. The van der Waals surface area contributed by atoms with E-state index in [1.807, 2.05) is 0 Å². The van der Waals surface area contributed by atoms with Crippen LogP contribution in [0.25, 0.3) is 0 Å². The van der Waals surface area contributed by atoms with E-state index < -0.39 is 11.9 Å². The third-order valence-corrected chi connectivity index (χ3v) is 15.1. The average molecular weight is 1120 g/mol. The molecule has 426 valence electrons. The highest BCUT2D eigenvalue weighted by Gasteiger charge is 2.19. The van der Waals surface area contributed by atoms with Crippen LogP contribution in [0.4, 0.5) is 0 Å². The number of hydrogen-bond acceptors (Lipinski definition) is 13. The number of hydrogen-bond donors (Lipinski definition) is 8. The van der Waals surface area contributed by atoms with Gasteiger partial charge >= 0.3 is 0 Å². The maximum Gasteiger partial charge on any atom is 0.250 e. The minimum Gasteiger partial charge on any atom is -0.370 e. The van der Waals surface area contributed by atoms with E-state index in [-0.39, 0.29) is 97.5 Å². The Bertz CT molecular complexity index is 1710. The van der Waals surface area contributed by atoms with Gasteiger partial charge < -0.3 is 32.7 Å². The van der Waals surface area contributed by atoms with Crippen LogP contribution in [-0.4, -0.2) is 109 Å². The van der Waals surface area contributed by atoms with Crippen LogP contribution in [0.5, 0.6) is 0 Å². The number of carbonyl (C=O) groups excluding carboxylic acids is 6. The maximum absolute atomic E-state index is 12.8. The highest BCUT2D eigenvalue weighted by atomic mass is 33.1. The Hall–Kier alpha value is -4.21. The average Bonchev–Trinajstić information content (AvgIpc) is 3.39. The molecule has 1 atom stereocenters. The van der Waals surface area contributed by atoms with E-state index in [2.05, 4.69) is 110 Å². The summed E-state index contributed by atoms with van der Waals surface area (Å²) >= 11 is 0. The summed E-state index contributed by atoms with van der Waals surface area (Å²) in [6.07, 6.45) is 49.2. The third kappa shape index (κ3) is 54.4. The summed E-state index contributed by atoms with van der Waals surface area (Å²) in [5.74, 6) is -1.61. The molecule has 6 amide bonds. The van der Waals surface area contributed by atoms with Crippen molar-refractivity contribution < 1.29 is 28.8 Å². The molecule has 21 heteroatoms. The zero-order valence-electron chi connectivity index (χ0n) is 45.5. The molecule has 75 heavy (non-hydrogen) atoms. The second kappa shape index (κ2) is 56.0. The largest absolute Gasteiger partial charge is 0.370 e. The summed E-state index contributed by atoms with van der Waals surface area (Å²) in [5.41, 5.74) is 16.1. The van der Waals surface area contributed by atoms with Crippen molar-refractivity contribution in [3.63, 3.8) is 0 Å². The van der Waals surface area contributed by atoms with E-state index in [1.165, 1.54) is 133 Å². The second-order valence-corrected chi connectivity index (χ2v) is 22.7. The number of carbonyl (C=O) groups is 6. The van der Waals surface area contributed by atoms with Gasteiger partial charge in [0.2, 0.25) is 23.6 Å². The van der Waals surface area contributed by atoms with Crippen LogP contribution < -0.4 is 43.6 Å². The molecule has 0 radical (unpaired) electrons. The van der Waals surface area contributed by atoms with Gasteiger partial charge in [0.05, 0.1) is 23.0 Å². The predicted molar refractivity (Wildman–Crippen MR) is 323 cm³/mol. The second-order valence-electron chi connectivity index (χ2n) is 17.7. The summed E-state index contributed by atoms with van der Waals surface area (Å²) in [7, 11) is 4.98. The molecule has 0 aliphatic heterocycles. The van der Waals surface area contributed by atoms with Gasteiger partial charge in [-0.05, 0) is 96.3 Å². The van der Waals surface area contributed by atoms with E-state index in [4.69, 9.17) is 11.5 Å². The lowest BCUT2D eigenvalue weighted by Gasteiger charge is -2.14. The monoisotopic (exact) mass is 1120 g/mol. The lowest BCUT2D eigenvalue weighted by Crippen LogP contribution is -2.41. The summed E-state index contributed by atoms with van der Waals surface area (Å²) in [4.78, 5) is 77.8. The number of guanidine groups is 1. The Kier molecular flexibility index (Phi) is 52.9.